The van der Waals surface area contributed by atoms with E-state index >= 15 is 0 Å². The molecular weight excluding hydrogens is 376 g/mol. The van der Waals surface area contributed by atoms with E-state index in [1.165, 1.54) is 0 Å². The maximum absolute atomic E-state index is 12.5. The van der Waals surface area contributed by atoms with Crippen LogP contribution < -0.4 is 11.0 Å². The first-order chi connectivity index (χ1) is 14.7. The van der Waals surface area contributed by atoms with Crippen molar-refractivity contribution in [3.8, 4) is 11.4 Å². The van der Waals surface area contributed by atoms with E-state index in [0.717, 1.165) is 22.0 Å². The number of H-pyrrole nitrogens is 1. The van der Waals surface area contributed by atoms with E-state index in [1.54, 1.807) is 12.1 Å². The van der Waals surface area contributed by atoms with Crippen LogP contribution in [0.15, 0.2) is 88.4 Å². The molecule has 0 saturated heterocycles. The number of para-hydroxylation sites is 3. The highest BCUT2D eigenvalue weighted by Crippen LogP contribution is 2.21. The summed E-state index contributed by atoms with van der Waals surface area (Å²) in [7, 11) is 0. The first-order valence-corrected chi connectivity index (χ1v) is 9.56. The fraction of sp³-hybridized carbons (Fsp3) is 0.0417. The number of rotatable bonds is 3. The molecule has 5 rings (SSSR count). The third-order valence-electron chi connectivity index (χ3n) is 4.87. The third kappa shape index (κ3) is 3.35. The maximum Gasteiger partial charge on any atom is 0.271 e. The average molecular weight is 394 g/mol. The number of aromatic amines is 1. The lowest BCUT2D eigenvalue weighted by Crippen LogP contribution is -2.22. The lowest BCUT2D eigenvalue weighted by atomic mass is 10.1. The minimum Gasteiger partial charge on any atom is -0.436 e. The van der Waals surface area contributed by atoms with Crippen molar-refractivity contribution in [1.82, 2.24) is 15.4 Å². The summed E-state index contributed by atoms with van der Waals surface area (Å²) < 4.78 is 6.01. The van der Waals surface area contributed by atoms with Crippen LogP contribution in [0.2, 0.25) is 0 Å². The Morgan fingerprint density at radius 1 is 1.00 bits per heavy atom. The zero-order valence-corrected chi connectivity index (χ0v) is 16.2. The molecule has 0 bridgehead atoms. The fourth-order valence-electron chi connectivity index (χ4n) is 3.27. The van der Waals surface area contributed by atoms with Gasteiger partial charge in [0.1, 0.15) is 11.4 Å². The monoisotopic (exact) mass is 394 g/mol. The molecule has 6 nitrogen and oxygen atoms in total. The average Bonchev–Trinajstić information content (AvgIpc) is 3.21. The van der Waals surface area contributed by atoms with Gasteiger partial charge in [-0.3, -0.25) is 4.79 Å². The van der Waals surface area contributed by atoms with E-state index in [-0.39, 0.29) is 11.5 Å². The van der Waals surface area contributed by atoms with Crippen molar-refractivity contribution in [2.24, 2.45) is 5.10 Å². The molecule has 3 aromatic carbocycles. The number of hydrogen-bond acceptors (Lipinski definition) is 4. The minimum absolute atomic E-state index is 0.271. The molecule has 146 valence electrons. The molecule has 0 fully saturated rings. The number of amides is 1. The molecule has 1 amide bonds. The van der Waals surface area contributed by atoms with Crippen molar-refractivity contribution in [2.45, 2.75) is 6.92 Å². The van der Waals surface area contributed by atoms with Crippen molar-refractivity contribution >= 4 is 27.9 Å². The van der Waals surface area contributed by atoms with E-state index in [0.29, 0.717) is 22.5 Å². The van der Waals surface area contributed by atoms with Crippen molar-refractivity contribution in [3.63, 3.8) is 0 Å². The highest BCUT2D eigenvalue weighted by molar-refractivity contribution is 5.94. The Morgan fingerprint density at radius 2 is 1.77 bits per heavy atom. The molecule has 0 aliphatic heterocycles. The SMILES string of the molecule is Cc1ccc(C(=O)N/N=c2/oc3ccccc3cc2-c2nc3ccccc3[nH]2)cc1. The van der Waals surface area contributed by atoms with Gasteiger partial charge in [-0.1, -0.05) is 48.0 Å². The third-order valence-corrected chi connectivity index (χ3v) is 4.87. The summed E-state index contributed by atoms with van der Waals surface area (Å²) in [6, 6.07) is 24.7. The number of carbonyl (C=O) groups is 1. The second-order valence-electron chi connectivity index (χ2n) is 7.02. The fourth-order valence-corrected chi connectivity index (χ4v) is 3.27. The predicted octanol–water partition coefficient (Wildman–Crippen LogP) is 4.53. The Kier molecular flexibility index (Phi) is 4.37. The smallest absolute Gasteiger partial charge is 0.271 e. The topological polar surface area (TPSA) is 83.3 Å². The number of nitrogens with one attached hydrogen (secondary N) is 2. The number of aryl methyl sites for hydroxylation is 1. The highest BCUT2D eigenvalue weighted by Gasteiger charge is 2.12. The molecule has 0 unspecified atom stereocenters. The first-order valence-electron chi connectivity index (χ1n) is 9.56. The Balaban J connectivity index is 1.62. The molecule has 30 heavy (non-hydrogen) atoms. The van der Waals surface area contributed by atoms with Gasteiger partial charge in [-0.25, -0.2) is 10.4 Å². The number of nitrogens with zero attached hydrogens (tertiary/aromatic N) is 2. The van der Waals surface area contributed by atoms with E-state index in [9.17, 15) is 4.79 Å². The summed E-state index contributed by atoms with van der Waals surface area (Å²) in [5, 5.41) is 5.19. The van der Waals surface area contributed by atoms with Crippen LogP contribution in [0.5, 0.6) is 0 Å². The number of fused-ring (bicyclic) bond motifs is 2. The number of aromatic nitrogens is 2. The normalized spacial score (nSPS) is 11.8. The van der Waals surface area contributed by atoms with Crippen LogP contribution in [0.25, 0.3) is 33.4 Å². The summed E-state index contributed by atoms with van der Waals surface area (Å²) in [5.74, 6) is 0.308. The van der Waals surface area contributed by atoms with E-state index in [1.807, 2.05) is 73.7 Å². The van der Waals surface area contributed by atoms with Crippen molar-refractivity contribution < 1.29 is 9.21 Å². The van der Waals surface area contributed by atoms with Gasteiger partial charge in [-0.2, -0.15) is 0 Å². The molecule has 6 heteroatoms. The lowest BCUT2D eigenvalue weighted by Gasteiger charge is -2.04. The van der Waals surface area contributed by atoms with Gasteiger partial charge >= 0.3 is 0 Å². The van der Waals surface area contributed by atoms with Gasteiger partial charge in [0, 0.05) is 10.9 Å². The van der Waals surface area contributed by atoms with Crippen LogP contribution >= 0.6 is 0 Å². The number of imidazole rings is 1. The summed E-state index contributed by atoms with van der Waals surface area (Å²) >= 11 is 0. The number of carbonyl (C=O) groups excluding carboxylic acids is 1. The van der Waals surface area contributed by atoms with Crippen LogP contribution in [-0.2, 0) is 0 Å². The molecule has 0 saturated carbocycles. The summed E-state index contributed by atoms with van der Waals surface area (Å²) in [5.41, 5.74) is 7.56. The van der Waals surface area contributed by atoms with Crippen LogP contribution in [0.1, 0.15) is 15.9 Å². The molecule has 0 aliphatic carbocycles. The molecule has 0 spiro atoms. The minimum atomic E-state index is -0.311. The molecular formula is C24H18N4O2. The highest BCUT2D eigenvalue weighted by atomic mass is 16.3. The van der Waals surface area contributed by atoms with Gasteiger partial charge in [0.25, 0.3) is 5.91 Å². The van der Waals surface area contributed by atoms with E-state index < -0.39 is 0 Å². The molecule has 5 aromatic rings. The molecule has 2 aromatic heterocycles. The zero-order chi connectivity index (χ0) is 20.5. The first kappa shape index (κ1) is 17.9. The second kappa shape index (κ2) is 7.33. The molecule has 0 aliphatic rings. The number of benzene rings is 3. The van der Waals surface area contributed by atoms with Crippen LogP contribution in [0.4, 0.5) is 0 Å². The predicted molar refractivity (Wildman–Crippen MR) is 116 cm³/mol. The Labute approximate surface area is 171 Å². The van der Waals surface area contributed by atoms with Crippen LogP contribution in [-0.4, -0.2) is 15.9 Å². The summed E-state index contributed by atoms with van der Waals surface area (Å²) in [6.45, 7) is 1.97. The van der Waals surface area contributed by atoms with Gasteiger partial charge in [0.15, 0.2) is 0 Å². The lowest BCUT2D eigenvalue weighted by molar-refractivity contribution is 0.0951. The quantitative estimate of drug-likeness (QED) is 0.441. The van der Waals surface area contributed by atoms with Crippen LogP contribution in [0.3, 0.4) is 0 Å². The molecule has 0 atom stereocenters. The molecule has 0 radical (unpaired) electrons. The largest absolute Gasteiger partial charge is 0.436 e. The van der Waals surface area contributed by atoms with Gasteiger partial charge in [-0.05, 0) is 43.3 Å². The second-order valence-corrected chi connectivity index (χ2v) is 7.02. The summed E-state index contributed by atoms with van der Waals surface area (Å²) in [6.07, 6.45) is 0. The van der Waals surface area contributed by atoms with Gasteiger partial charge < -0.3 is 9.40 Å². The van der Waals surface area contributed by atoms with Crippen molar-refractivity contribution in [2.75, 3.05) is 0 Å². The maximum atomic E-state index is 12.5. The van der Waals surface area contributed by atoms with Crippen molar-refractivity contribution in [3.05, 3.63) is 95.5 Å². The van der Waals surface area contributed by atoms with Crippen molar-refractivity contribution in [1.29, 1.82) is 0 Å². The van der Waals surface area contributed by atoms with Gasteiger partial charge in [0.2, 0.25) is 5.55 Å². The van der Waals surface area contributed by atoms with E-state index in [2.05, 4.69) is 20.5 Å². The Bertz CT molecular complexity index is 1410. The van der Waals surface area contributed by atoms with Crippen LogP contribution in [0, 0.1) is 6.92 Å². The Morgan fingerprint density at radius 3 is 2.60 bits per heavy atom. The summed E-state index contributed by atoms with van der Waals surface area (Å²) in [4.78, 5) is 20.5. The van der Waals surface area contributed by atoms with Gasteiger partial charge in [-0.15, -0.1) is 5.10 Å². The molecule has 2 heterocycles. The molecule has 2 N–H and O–H groups in total. The van der Waals surface area contributed by atoms with E-state index in [4.69, 9.17) is 4.42 Å². The Hall–Kier alpha value is -4.19. The number of hydrogen-bond donors (Lipinski definition) is 2. The standard InChI is InChI=1S/C24H18N4O2/c1-15-10-12-16(13-11-15)23(29)27-28-24-18(14-17-6-2-5-9-21(17)30-24)22-25-19-7-3-4-8-20(19)26-22/h2-14H,1H3,(H,25,26)(H,27,29)/b28-24+. The van der Waals surface area contributed by atoms with Gasteiger partial charge in [0.05, 0.1) is 16.6 Å². The zero-order valence-electron chi connectivity index (χ0n) is 16.2.